The number of nitrogens with zero attached hydrogens (tertiary/aromatic N) is 3. The van der Waals surface area contributed by atoms with Gasteiger partial charge in [0, 0.05) is 59.4 Å². The van der Waals surface area contributed by atoms with Crippen molar-refractivity contribution < 1.29 is 4.39 Å². The van der Waals surface area contributed by atoms with Crippen LogP contribution in [0.4, 0.5) is 4.39 Å². The number of benzene rings is 1. The molecule has 6 heteroatoms. The number of nitrogens with one attached hydrogen (secondary N) is 1. The fourth-order valence-electron chi connectivity index (χ4n) is 4.50. The maximum atomic E-state index is 14.5. The van der Waals surface area contributed by atoms with E-state index in [0.717, 1.165) is 78.9 Å². The Morgan fingerprint density at radius 3 is 2.34 bits per heavy atom. The lowest BCUT2D eigenvalue weighted by Gasteiger charge is -2.32. The molecule has 4 nitrogen and oxygen atoms in total. The molecule has 1 saturated heterocycles. The summed E-state index contributed by atoms with van der Waals surface area (Å²) >= 11 is 3.41. The van der Waals surface area contributed by atoms with Crippen molar-refractivity contribution in [1.82, 2.24) is 10.2 Å². The van der Waals surface area contributed by atoms with Crippen LogP contribution in [0.3, 0.4) is 0 Å². The van der Waals surface area contributed by atoms with Crippen LogP contribution in [0.2, 0.25) is 0 Å². The van der Waals surface area contributed by atoms with Gasteiger partial charge in [-0.3, -0.25) is 4.99 Å². The monoisotopic (exact) mass is 622 g/mol. The topological polar surface area (TPSA) is 51.4 Å². The van der Waals surface area contributed by atoms with Gasteiger partial charge in [-0.2, -0.15) is 5.26 Å². The first kappa shape index (κ1) is 36.0. The highest BCUT2D eigenvalue weighted by Crippen LogP contribution is 2.30. The molecule has 0 unspecified atom stereocenters. The molecule has 1 heterocycles. The van der Waals surface area contributed by atoms with Crippen LogP contribution in [0.1, 0.15) is 79.7 Å². The Kier molecular flexibility index (Phi) is 18.3. The summed E-state index contributed by atoms with van der Waals surface area (Å²) in [5.74, 6) is -0.205. The molecule has 222 valence electrons. The largest absolute Gasteiger partial charge is 0.372 e. The van der Waals surface area contributed by atoms with Gasteiger partial charge in [0.05, 0.1) is 11.6 Å². The van der Waals surface area contributed by atoms with Crippen molar-refractivity contribution in [1.29, 1.82) is 5.26 Å². The van der Waals surface area contributed by atoms with Crippen molar-refractivity contribution in [3.63, 3.8) is 0 Å². The molecule has 1 aliphatic heterocycles. The summed E-state index contributed by atoms with van der Waals surface area (Å²) in [4.78, 5) is 6.99. The summed E-state index contributed by atoms with van der Waals surface area (Å²) in [5.41, 5.74) is 6.54. The molecule has 1 fully saturated rings. The van der Waals surface area contributed by atoms with Gasteiger partial charge in [-0.05, 0) is 70.7 Å². The van der Waals surface area contributed by atoms with Gasteiger partial charge in [-0.1, -0.05) is 85.1 Å². The molecule has 1 N–H and O–H groups in total. The number of aliphatic imine (C=N–C) groups is 1. The first-order valence-corrected chi connectivity index (χ1v) is 15.5. The molecule has 1 aromatic carbocycles. The summed E-state index contributed by atoms with van der Waals surface area (Å²) in [6.07, 6.45) is 15.8. The second-order valence-corrected chi connectivity index (χ2v) is 10.8. The normalized spacial score (nSPS) is 16.3. The summed E-state index contributed by atoms with van der Waals surface area (Å²) in [5, 5.41) is 12.3. The molecule has 0 bridgehead atoms. The highest BCUT2D eigenvalue weighted by molar-refractivity contribution is 9.11. The highest BCUT2D eigenvalue weighted by Gasteiger charge is 2.20. The van der Waals surface area contributed by atoms with Crippen LogP contribution in [0.25, 0.3) is 5.57 Å². The predicted molar refractivity (Wildman–Crippen MR) is 179 cm³/mol. The van der Waals surface area contributed by atoms with Gasteiger partial charge in [0.1, 0.15) is 5.82 Å². The zero-order valence-corrected chi connectivity index (χ0v) is 27.6. The zero-order valence-electron chi connectivity index (χ0n) is 26.0. The molecule has 0 radical (unpaired) electrons. The van der Waals surface area contributed by atoms with Gasteiger partial charge in [0.25, 0.3) is 0 Å². The minimum absolute atomic E-state index is 0.205. The molecular weight excluding hydrogens is 575 g/mol. The molecule has 2 rings (SSSR count). The molecule has 0 atom stereocenters. The number of hydrogen-bond acceptors (Lipinski definition) is 4. The summed E-state index contributed by atoms with van der Waals surface area (Å²) in [6.45, 7) is 18.2. The standard InChI is InChI=1S/C22H30FN3.C13H18BrN/c1-5-7-12-25-17(3)22(18(4)26-15-13-24-14-16-26)19(6-2)20-10-8-9-11-21(20)23;1-4-6-11(3)8-12(10-15)9-13(14)7-5-2/h6-12,24H,5,13-16H2,1-4H3;7-9H,4-6H2,1-3H3/b12-7+,19-6-,22-18-,25-17+;11-8+,12-9+,13-7-. The van der Waals surface area contributed by atoms with Crippen molar-refractivity contribution >= 4 is 27.2 Å². The van der Waals surface area contributed by atoms with Crippen LogP contribution in [-0.2, 0) is 0 Å². The van der Waals surface area contributed by atoms with Gasteiger partial charge < -0.3 is 10.2 Å². The third-order valence-electron chi connectivity index (χ3n) is 6.51. The molecule has 1 aromatic rings. The molecular formula is C35H48BrFN4. The lowest BCUT2D eigenvalue weighted by atomic mass is 9.92. The first-order valence-electron chi connectivity index (χ1n) is 14.7. The van der Waals surface area contributed by atoms with Gasteiger partial charge in [-0.15, -0.1) is 0 Å². The van der Waals surface area contributed by atoms with E-state index >= 15 is 0 Å². The van der Waals surface area contributed by atoms with E-state index in [1.54, 1.807) is 6.07 Å². The van der Waals surface area contributed by atoms with Crippen LogP contribution in [0, 0.1) is 17.1 Å². The van der Waals surface area contributed by atoms with E-state index in [4.69, 9.17) is 5.26 Å². The van der Waals surface area contributed by atoms with Crippen LogP contribution >= 0.6 is 15.9 Å². The minimum Gasteiger partial charge on any atom is -0.372 e. The molecule has 0 aliphatic carbocycles. The molecule has 41 heavy (non-hydrogen) atoms. The average Bonchev–Trinajstić information content (AvgIpc) is 2.96. The Balaban J connectivity index is 0.000000479. The van der Waals surface area contributed by atoms with Gasteiger partial charge >= 0.3 is 0 Å². The summed E-state index contributed by atoms with van der Waals surface area (Å²) in [7, 11) is 0. The maximum Gasteiger partial charge on any atom is 0.131 e. The number of allylic oxidation sites excluding steroid dienone is 11. The average molecular weight is 624 g/mol. The van der Waals surface area contributed by atoms with E-state index in [1.807, 2.05) is 62.6 Å². The van der Waals surface area contributed by atoms with E-state index < -0.39 is 0 Å². The highest BCUT2D eigenvalue weighted by atomic mass is 79.9. The molecule has 0 aromatic heterocycles. The van der Waals surface area contributed by atoms with E-state index in [9.17, 15) is 4.39 Å². The molecule has 0 spiro atoms. The molecule has 0 amide bonds. The third-order valence-corrected chi connectivity index (χ3v) is 7.07. The fourth-order valence-corrected chi connectivity index (χ4v) is 5.07. The smallest absolute Gasteiger partial charge is 0.131 e. The lowest BCUT2D eigenvalue weighted by Crippen LogP contribution is -2.43. The van der Waals surface area contributed by atoms with Crippen molar-refractivity contribution in [2.24, 2.45) is 4.99 Å². The van der Waals surface area contributed by atoms with Crippen LogP contribution in [-0.4, -0.2) is 36.8 Å². The van der Waals surface area contributed by atoms with Crippen molar-refractivity contribution in [2.45, 2.75) is 74.1 Å². The van der Waals surface area contributed by atoms with E-state index in [0.29, 0.717) is 11.1 Å². The molecule has 0 saturated carbocycles. The second-order valence-electron chi connectivity index (χ2n) is 9.84. The number of nitriles is 1. The van der Waals surface area contributed by atoms with Gasteiger partial charge in [0.15, 0.2) is 0 Å². The third kappa shape index (κ3) is 13.0. The number of piperazine rings is 1. The second kappa shape index (κ2) is 20.8. The van der Waals surface area contributed by atoms with Crippen molar-refractivity contribution in [2.75, 3.05) is 26.2 Å². The van der Waals surface area contributed by atoms with Crippen molar-refractivity contribution in [3.05, 3.63) is 99.1 Å². The van der Waals surface area contributed by atoms with E-state index in [-0.39, 0.29) is 5.82 Å². The number of rotatable bonds is 11. The zero-order chi connectivity index (χ0) is 30.6. The predicted octanol–water partition coefficient (Wildman–Crippen LogP) is 9.66. The van der Waals surface area contributed by atoms with E-state index in [2.05, 4.69) is 71.8 Å². The quantitative estimate of drug-likeness (QED) is 0.152. The lowest BCUT2D eigenvalue weighted by molar-refractivity contribution is 0.299. The Morgan fingerprint density at radius 2 is 1.78 bits per heavy atom. The number of halogens is 2. The fraction of sp³-hybridized carbons (Fsp3) is 0.429. The summed E-state index contributed by atoms with van der Waals surface area (Å²) < 4.78 is 15.5. The number of hydrogen-bond donors (Lipinski definition) is 1. The van der Waals surface area contributed by atoms with Crippen LogP contribution in [0.15, 0.2) is 92.7 Å². The minimum atomic E-state index is -0.205. The van der Waals surface area contributed by atoms with Crippen LogP contribution in [0.5, 0.6) is 0 Å². The van der Waals surface area contributed by atoms with Crippen LogP contribution < -0.4 is 5.32 Å². The Hall–Kier alpha value is -3.01. The Bertz CT molecular complexity index is 1220. The molecule has 1 aliphatic rings. The van der Waals surface area contributed by atoms with Gasteiger partial charge in [0.2, 0.25) is 0 Å². The summed E-state index contributed by atoms with van der Waals surface area (Å²) in [6, 6.07) is 9.15. The maximum absolute atomic E-state index is 14.5. The SMILES string of the molecule is CC/C=C(Br)/C=C(C#N)\C=C(/C)CCC.C\C=C(C(/C(C)=N/C=C/CC)=C(/C)N1CCNCC1)\c1ccccc1F. The van der Waals surface area contributed by atoms with Gasteiger partial charge in [-0.25, -0.2) is 4.39 Å². The first-order chi connectivity index (χ1) is 19.7. The Morgan fingerprint density at radius 1 is 1.10 bits per heavy atom. The Labute approximate surface area is 257 Å². The van der Waals surface area contributed by atoms with E-state index in [1.165, 1.54) is 11.6 Å². The van der Waals surface area contributed by atoms with Crippen molar-refractivity contribution in [3.8, 4) is 6.07 Å².